The number of anilines is 2. The molecule has 276 valence electrons. The lowest BCUT2D eigenvalue weighted by Crippen LogP contribution is -2.50. The molecule has 7 heteroatoms. The Morgan fingerprint density at radius 3 is 2.30 bits per heavy atom. The first kappa shape index (κ1) is 33.3. The summed E-state index contributed by atoms with van der Waals surface area (Å²) in [5, 5.41) is 19.8. The molecule has 0 bridgehead atoms. The number of allylic oxidation sites excluding steroid dienone is 4. The Kier molecular flexibility index (Phi) is 8.10. The van der Waals surface area contributed by atoms with Crippen LogP contribution >= 0.6 is 0 Å². The first-order chi connectivity index (χ1) is 28.2. The van der Waals surface area contributed by atoms with Gasteiger partial charge in [0.1, 0.15) is 24.2 Å². The van der Waals surface area contributed by atoms with Crippen molar-refractivity contribution in [2.45, 2.75) is 24.4 Å². The fraction of sp³-hybridized carbons (Fsp3) is 0.100. The smallest absolute Gasteiger partial charge is 0.129 e. The van der Waals surface area contributed by atoms with Gasteiger partial charge >= 0.3 is 0 Å². The average Bonchev–Trinajstić information content (AvgIpc) is 3.79. The Morgan fingerprint density at radius 1 is 0.632 bits per heavy atom. The van der Waals surface area contributed by atoms with Gasteiger partial charge in [-0.2, -0.15) is 0 Å². The number of nitrogens with zero attached hydrogens (tertiary/aromatic N) is 1. The zero-order valence-corrected chi connectivity index (χ0v) is 31.2. The first-order valence-corrected chi connectivity index (χ1v) is 19.7. The molecule has 5 aliphatic rings. The summed E-state index contributed by atoms with van der Waals surface area (Å²) < 4.78 is 0. The maximum absolute atomic E-state index is 5.19. The lowest BCUT2D eigenvalue weighted by molar-refractivity contribution is 0.404. The molecule has 4 atom stereocenters. The SMILES string of the molecule is C1=Cc2cc(-c3ccc(C4=CC5NC(c6ccc7c(c6)NC(C6=NC(c8ccccc8)NC(c8ccccc8)N6)C=C7)=CC=C5C=C4)cc3)c3cc[nH]c3c2NC1. The summed E-state index contributed by atoms with van der Waals surface area (Å²) in [4.78, 5) is 8.65. The standard InChI is InChI=1S/C50H41N7/c1-3-8-35(9-4-1)48-55-49(36-10-5-2-6-11-36)57-50(56-48)43-24-22-34-18-20-38(30-45(34)54-43)42-23-21-33-17-19-37(29-44(33)53-42)31-13-15-32(16-14-31)41-28-39-12-7-26-51-46(39)47-40(41)25-27-52-47/h1-25,27-30,43-44,48-49,51-55H,26H2,(H,56,57). The summed E-state index contributed by atoms with van der Waals surface area (Å²) in [6, 6.07) is 41.0. The van der Waals surface area contributed by atoms with Crippen LogP contribution in [0.2, 0.25) is 0 Å². The van der Waals surface area contributed by atoms with Crippen molar-refractivity contribution in [3.05, 3.63) is 203 Å². The molecule has 4 aliphatic heterocycles. The van der Waals surface area contributed by atoms with Crippen molar-refractivity contribution in [2.24, 2.45) is 4.99 Å². The molecule has 57 heavy (non-hydrogen) atoms. The van der Waals surface area contributed by atoms with Gasteiger partial charge in [-0.3, -0.25) is 5.32 Å². The number of fused-ring (bicyclic) bond motifs is 5. The second-order valence-corrected chi connectivity index (χ2v) is 15.1. The van der Waals surface area contributed by atoms with E-state index in [2.05, 4.69) is 195 Å². The lowest BCUT2D eigenvalue weighted by Gasteiger charge is -2.35. The first-order valence-electron chi connectivity index (χ1n) is 19.7. The number of amidine groups is 1. The highest BCUT2D eigenvalue weighted by Crippen LogP contribution is 2.39. The number of aromatic amines is 1. The van der Waals surface area contributed by atoms with Gasteiger partial charge in [0.15, 0.2) is 0 Å². The molecule has 6 N–H and O–H groups in total. The summed E-state index contributed by atoms with van der Waals surface area (Å²) in [5.74, 6) is 0.904. The van der Waals surface area contributed by atoms with Crippen LogP contribution in [0.25, 0.3) is 45.5 Å². The van der Waals surface area contributed by atoms with Gasteiger partial charge < -0.3 is 26.3 Å². The molecule has 0 fully saturated rings. The van der Waals surface area contributed by atoms with E-state index in [-0.39, 0.29) is 24.4 Å². The predicted octanol–water partition coefficient (Wildman–Crippen LogP) is 9.96. The van der Waals surface area contributed by atoms with Gasteiger partial charge in [0, 0.05) is 35.1 Å². The normalized spacial score (nSPS) is 21.6. The summed E-state index contributed by atoms with van der Waals surface area (Å²) in [6.45, 7) is 0.851. The fourth-order valence-electron chi connectivity index (χ4n) is 8.60. The summed E-state index contributed by atoms with van der Waals surface area (Å²) in [5.41, 5.74) is 16.4. The molecule has 4 unspecified atom stereocenters. The third-order valence-electron chi connectivity index (χ3n) is 11.6. The van der Waals surface area contributed by atoms with Crippen LogP contribution < -0.4 is 26.6 Å². The van der Waals surface area contributed by atoms with Crippen molar-refractivity contribution in [3.8, 4) is 11.1 Å². The molecule has 5 aromatic carbocycles. The average molecular weight is 740 g/mol. The Hall–Kier alpha value is -7.09. The second kappa shape index (κ2) is 13.9. The van der Waals surface area contributed by atoms with Crippen LogP contribution in [0.3, 0.4) is 0 Å². The minimum Gasteiger partial charge on any atom is -0.379 e. The number of nitrogens with one attached hydrogen (secondary N) is 6. The minimum absolute atomic E-state index is 0.0684. The summed E-state index contributed by atoms with van der Waals surface area (Å²) >= 11 is 0. The fourth-order valence-corrected chi connectivity index (χ4v) is 8.60. The van der Waals surface area contributed by atoms with E-state index in [1.165, 1.54) is 50.0 Å². The quantitative estimate of drug-likeness (QED) is 0.102. The Balaban J connectivity index is 0.826. The topological polar surface area (TPSA) is 88.3 Å². The zero-order valence-electron chi connectivity index (χ0n) is 31.2. The maximum atomic E-state index is 5.19. The van der Waals surface area contributed by atoms with Gasteiger partial charge in [-0.15, -0.1) is 0 Å². The summed E-state index contributed by atoms with van der Waals surface area (Å²) in [7, 11) is 0. The Bertz CT molecular complexity index is 2750. The minimum atomic E-state index is -0.172. The largest absolute Gasteiger partial charge is 0.379 e. The van der Waals surface area contributed by atoms with Crippen molar-refractivity contribution < 1.29 is 0 Å². The van der Waals surface area contributed by atoms with E-state index < -0.39 is 0 Å². The number of H-pyrrole nitrogens is 1. The molecule has 0 spiro atoms. The van der Waals surface area contributed by atoms with Gasteiger partial charge in [-0.1, -0.05) is 146 Å². The number of aromatic nitrogens is 1. The van der Waals surface area contributed by atoms with E-state index in [0.29, 0.717) is 0 Å². The van der Waals surface area contributed by atoms with Crippen molar-refractivity contribution in [3.63, 3.8) is 0 Å². The molecular weight excluding hydrogens is 699 g/mol. The number of hydrogen-bond acceptors (Lipinski definition) is 6. The molecule has 0 saturated carbocycles. The third kappa shape index (κ3) is 6.19. The molecule has 11 rings (SSSR count). The van der Waals surface area contributed by atoms with Crippen LogP contribution in [-0.2, 0) is 0 Å². The van der Waals surface area contributed by atoms with E-state index in [1.807, 2.05) is 12.3 Å². The molecule has 5 heterocycles. The second-order valence-electron chi connectivity index (χ2n) is 15.1. The number of dihydropyridines is 1. The van der Waals surface area contributed by atoms with Crippen molar-refractivity contribution in [1.82, 2.24) is 20.9 Å². The highest BCUT2D eigenvalue weighted by molar-refractivity contribution is 6.05. The Morgan fingerprint density at radius 2 is 1.44 bits per heavy atom. The van der Waals surface area contributed by atoms with E-state index in [9.17, 15) is 0 Å². The molecule has 1 aliphatic carbocycles. The van der Waals surface area contributed by atoms with Gasteiger partial charge in [0.2, 0.25) is 0 Å². The van der Waals surface area contributed by atoms with E-state index in [4.69, 9.17) is 4.99 Å². The third-order valence-corrected chi connectivity index (χ3v) is 11.6. The van der Waals surface area contributed by atoms with Crippen molar-refractivity contribution in [2.75, 3.05) is 17.2 Å². The predicted molar refractivity (Wildman–Crippen MR) is 236 cm³/mol. The van der Waals surface area contributed by atoms with Gasteiger partial charge in [-0.05, 0) is 74.4 Å². The van der Waals surface area contributed by atoms with Crippen molar-refractivity contribution in [1.29, 1.82) is 0 Å². The van der Waals surface area contributed by atoms with Gasteiger partial charge in [0.25, 0.3) is 0 Å². The highest BCUT2D eigenvalue weighted by Gasteiger charge is 2.29. The number of aliphatic imine (C=N–C) groups is 1. The maximum Gasteiger partial charge on any atom is 0.129 e. The highest BCUT2D eigenvalue weighted by atomic mass is 15.3. The molecule has 0 saturated heterocycles. The van der Waals surface area contributed by atoms with E-state index in [1.54, 1.807) is 0 Å². The number of benzene rings is 5. The van der Waals surface area contributed by atoms with Crippen LogP contribution in [0.4, 0.5) is 11.4 Å². The Labute approximate surface area is 332 Å². The van der Waals surface area contributed by atoms with Crippen molar-refractivity contribution >= 4 is 51.5 Å². The summed E-state index contributed by atoms with van der Waals surface area (Å²) in [6.07, 6.45) is 21.8. The molecule has 0 amide bonds. The van der Waals surface area contributed by atoms with Crippen LogP contribution in [0, 0.1) is 0 Å². The molecular formula is C50H41N7. The van der Waals surface area contributed by atoms with E-state index in [0.717, 1.165) is 46.0 Å². The molecule has 7 nitrogen and oxygen atoms in total. The van der Waals surface area contributed by atoms with Crippen LogP contribution in [0.1, 0.15) is 45.7 Å². The van der Waals surface area contributed by atoms with Crippen LogP contribution in [0.15, 0.2) is 175 Å². The number of hydrogen-bond donors (Lipinski definition) is 6. The number of rotatable bonds is 6. The zero-order chi connectivity index (χ0) is 37.7. The monoisotopic (exact) mass is 739 g/mol. The molecule has 1 aromatic heterocycles. The van der Waals surface area contributed by atoms with E-state index >= 15 is 0 Å². The molecule has 6 aromatic rings. The van der Waals surface area contributed by atoms with Gasteiger partial charge in [0.05, 0.1) is 17.2 Å². The van der Waals surface area contributed by atoms with Crippen LogP contribution in [-0.4, -0.2) is 29.4 Å². The lowest BCUT2D eigenvalue weighted by atomic mass is 9.89. The van der Waals surface area contributed by atoms with Gasteiger partial charge in [-0.25, -0.2) is 4.99 Å². The molecule has 0 radical (unpaired) electrons. The van der Waals surface area contributed by atoms with Crippen LogP contribution in [0.5, 0.6) is 0 Å².